The van der Waals surface area contributed by atoms with Crippen LogP contribution in [0.15, 0.2) is 25.3 Å². The number of aromatic nitrogens is 1. The van der Waals surface area contributed by atoms with Crippen LogP contribution in [-0.4, -0.2) is 60.5 Å². The second-order valence-corrected chi connectivity index (χ2v) is 10.2. The van der Waals surface area contributed by atoms with Gasteiger partial charge >= 0.3 is 0 Å². The number of carbonyl (C=O) groups is 3. The molecule has 9 nitrogen and oxygen atoms in total. The number of hydrogen-bond acceptors (Lipinski definition) is 5. The molecular formula is C18H23Br4N5O4. The molecule has 1 unspecified atom stereocenters. The zero-order valence-electron chi connectivity index (χ0n) is 16.7. The van der Waals surface area contributed by atoms with Crippen molar-refractivity contribution < 1.29 is 19.1 Å². The molecule has 2 heterocycles. The highest BCUT2D eigenvalue weighted by molar-refractivity contribution is 9.14. The molecule has 2 rings (SSSR count). The van der Waals surface area contributed by atoms with Crippen LogP contribution in [0.1, 0.15) is 29.8 Å². The summed E-state index contributed by atoms with van der Waals surface area (Å²) in [5.41, 5.74) is 0.640. The minimum Gasteiger partial charge on any atom is -0.355 e. The highest BCUT2D eigenvalue weighted by Gasteiger charge is 2.41. The summed E-state index contributed by atoms with van der Waals surface area (Å²) >= 11 is 13.2. The van der Waals surface area contributed by atoms with Crippen LogP contribution in [-0.2, 0) is 14.3 Å². The van der Waals surface area contributed by atoms with Gasteiger partial charge < -0.3 is 31.0 Å². The van der Waals surface area contributed by atoms with E-state index in [1.807, 2.05) is 0 Å². The Balaban J connectivity index is 1.50. The van der Waals surface area contributed by atoms with E-state index in [0.717, 1.165) is 36.8 Å². The van der Waals surface area contributed by atoms with Gasteiger partial charge in [0.05, 0.1) is 13.5 Å². The average molecular weight is 693 g/mol. The van der Waals surface area contributed by atoms with Gasteiger partial charge in [-0.25, -0.2) is 0 Å². The van der Waals surface area contributed by atoms with Gasteiger partial charge in [-0.2, -0.15) is 0 Å². The molecule has 1 aliphatic heterocycles. The zero-order chi connectivity index (χ0) is 23.0. The van der Waals surface area contributed by atoms with Crippen molar-refractivity contribution in [1.82, 2.24) is 26.3 Å². The largest absolute Gasteiger partial charge is 0.355 e. The molecule has 0 saturated heterocycles. The molecule has 0 aromatic carbocycles. The van der Waals surface area contributed by atoms with Gasteiger partial charge in [0.1, 0.15) is 11.4 Å². The molecule has 13 heteroatoms. The first-order valence-electron chi connectivity index (χ1n) is 9.47. The number of carbonyl (C=O) groups excluding carboxylic acids is 3. The number of halogens is 4. The number of nitrogens with one attached hydrogen (secondary N) is 5. The molecule has 3 amide bonds. The lowest BCUT2D eigenvalue weighted by molar-refractivity contribution is -0.129. The number of H-pyrrole nitrogens is 1. The Hall–Kier alpha value is -0.730. The highest BCUT2D eigenvalue weighted by Crippen LogP contribution is 2.33. The maximum absolute atomic E-state index is 12.2. The van der Waals surface area contributed by atoms with E-state index in [0.29, 0.717) is 27.9 Å². The summed E-state index contributed by atoms with van der Waals surface area (Å²) in [6, 6.07) is 0. The number of ether oxygens (including phenoxy) is 1. The summed E-state index contributed by atoms with van der Waals surface area (Å²) in [4.78, 5) is 38.9. The van der Waals surface area contributed by atoms with Crippen molar-refractivity contribution in [3.05, 3.63) is 31.0 Å². The van der Waals surface area contributed by atoms with Crippen LogP contribution in [0.25, 0.3) is 0 Å². The smallest absolute Gasteiger partial charge is 0.272 e. The van der Waals surface area contributed by atoms with Gasteiger partial charge in [-0.3, -0.25) is 14.4 Å². The van der Waals surface area contributed by atoms with Crippen molar-refractivity contribution in [3.8, 4) is 0 Å². The van der Waals surface area contributed by atoms with Crippen molar-refractivity contribution in [2.45, 2.75) is 23.8 Å². The van der Waals surface area contributed by atoms with Crippen LogP contribution in [0.4, 0.5) is 0 Å². The number of amides is 3. The van der Waals surface area contributed by atoms with Crippen molar-refractivity contribution >= 4 is 81.4 Å². The summed E-state index contributed by atoms with van der Waals surface area (Å²) in [5.74, 6) is -0.951. The van der Waals surface area contributed by atoms with Crippen molar-refractivity contribution in [2.75, 3.05) is 33.3 Å². The van der Waals surface area contributed by atoms with Crippen molar-refractivity contribution in [3.63, 3.8) is 0 Å². The summed E-state index contributed by atoms with van der Waals surface area (Å²) in [7, 11) is 1.38. The molecule has 0 bridgehead atoms. The Kier molecular flexibility index (Phi) is 10.7. The van der Waals surface area contributed by atoms with E-state index in [1.54, 1.807) is 0 Å². The second-order valence-electron chi connectivity index (χ2n) is 6.63. The monoisotopic (exact) mass is 689 g/mol. The Labute approximate surface area is 213 Å². The summed E-state index contributed by atoms with van der Waals surface area (Å²) in [5, 5.41) is 11.4. The molecule has 0 saturated carbocycles. The lowest BCUT2D eigenvalue weighted by Gasteiger charge is -2.13. The van der Waals surface area contributed by atoms with Gasteiger partial charge in [0.2, 0.25) is 4.51 Å². The molecular weight excluding hydrogens is 670 g/mol. The van der Waals surface area contributed by atoms with E-state index in [9.17, 15) is 14.4 Å². The maximum Gasteiger partial charge on any atom is 0.272 e. The minimum atomic E-state index is -1.29. The molecule has 0 fully saturated rings. The lowest BCUT2D eigenvalue weighted by atomic mass is 10.3. The number of unbranched alkanes of at least 4 members (excludes halogenated alkanes) is 1. The second kappa shape index (κ2) is 12.5. The van der Waals surface area contributed by atoms with Gasteiger partial charge in [0, 0.05) is 20.2 Å². The van der Waals surface area contributed by atoms with Gasteiger partial charge in [0.25, 0.3) is 17.7 Å². The predicted octanol–water partition coefficient (Wildman–Crippen LogP) is 2.66. The zero-order valence-corrected chi connectivity index (χ0v) is 23.0. The Morgan fingerprint density at radius 1 is 1.00 bits per heavy atom. The van der Waals surface area contributed by atoms with Crippen LogP contribution in [0.5, 0.6) is 0 Å². The van der Waals surface area contributed by atoms with E-state index >= 15 is 0 Å². The fourth-order valence-corrected chi connectivity index (χ4v) is 4.42. The summed E-state index contributed by atoms with van der Waals surface area (Å²) < 4.78 is 5.92. The number of methoxy groups -OCH3 is 1. The SMILES string of the molecule is COC1(Br)C=C(C(=O)NCCCNCCCCNC(=O)c2[nH]c(Br)c(Br)c2Br)NC1=O. The summed E-state index contributed by atoms with van der Waals surface area (Å²) in [6.07, 6.45) is 3.92. The molecule has 0 spiro atoms. The molecule has 172 valence electrons. The number of alkyl halides is 1. The van der Waals surface area contributed by atoms with Gasteiger partial charge in [-0.05, 0) is 102 Å². The van der Waals surface area contributed by atoms with E-state index in [-0.39, 0.29) is 17.5 Å². The first-order chi connectivity index (χ1) is 14.7. The predicted molar refractivity (Wildman–Crippen MR) is 131 cm³/mol. The molecule has 1 aromatic rings. The standard InChI is InChI=1S/C18H23Br4N5O4/c1-31-18(22)9-10(26-17(18)30)15(28)24-8-4-6-23-5-2-3-7-25-16(29)13-11(19)12(20)14(21)27-13/h9,23,27H,2-8H2,1H3,(H,24,28)(H,25,29)(H,26,30). The highest BCUT2D eigenvalue weighted by atomic mass is 79.9. The first kappa shape index (κ1) is 26.5. The van der Waals surface area contributed by atoms with E-state index < -0.39 is 10.4 Å². The normalized spacial score (nSPS) is 18.0. The topological polar surface area (TPSA) is 124 Å². The van der Waals surface area contributed by atoms with E-state index in [4.69, 9.17) is 4.74 Å². The van der Waals surface area contributed by atoms with Crippen LogP contribution in [0, 0.1) is 0 Å². The van der Waals surface area contributed by atoms with Gasteiger partial charge in [0.15, 0.2) is 0 Å². The maximum atomic E-state index is 12.2. The molecule has 0 radical (unpaired) electrons. The van der Waals surface area contributed by atoms with Gasteiger partial charge in [-0.1, -0.05) is 0 Å². The Bertz CT molecular complexity index is 860. The van der Waals surface area contributed by atoms with Crippen LogP contribution < -0.4 is 21.3 Å². The fourth-order valence-electron chi connectivity index (χ4n) is 2.65. The van der Waals surface area contributed by atoms with Gasteiger partial charge in [-0.15, -0.1) is 0 Å². The van der Waals surface area contributed by atoms with Crippen LogP contribution >= 0.6 is 63.7 Å². The molecule has 5 N–H and O–H groups in total. The third-order valence-electron chi connectivity index (χ3n) is 4.38. The van der Waals surface area contributed by atoms with Crippen molar-refractivity contribution in [2.24, 2.45) is 0 Å². The first-order valence-corrected chi connectivity index (χ1v) is 12.6. The molecule has 1 atom stereocenters. The van der Waals surface area contributed by atoms with E-state index in [1.165, 1.54) is 13.2 Å². The fraction of sp³-hybridized carbons (Fsp3) is 0.500. The molecule has 1 aliphatic rings. The summed E-state index contributed by atoms with van der Waals surface area (Å²) in [6.45, 7) is 2.62. The van der Waals surface area contributed by atoms with Crippen LogP contribution in [0.2, 0.25) is 0 Å². The average Bonchev–Trinajstić information content (AvgIpc) is 3.19. The Morgan fingerprint density at radius 3 is 2.23 bits per heavy atom. The Morgan fingerprint density at radius 2 is 1.61 bits per heavy atom. The van der Waals surface area contributed by atoms with Crippen molar-refractivity contribution in [1.29, 1.82) is 0 Å². The lowest BCUT2D eigenvalue weighted by Crippen LogP contribution is -2.37. The minimum absolute atomic E-state index is 0.168. The third-order valence-corrected chi connectivity index (χ3v) is 8.54. The third kappa shape index (κ3) is 7.39. The molecule has 1 aromatic heterocycles. The number of hydrogen-bond donors (Lipinski definition) is 5. The quantitative estimate of drug-likeness (QED) is 0.170. The number of aromatic amines is 1. The van der Waals surface area contributed by atoms with E-state index in [2.05, 4.69) is 90.0 Å². The van der Waals surface area contributed by atoms with Crippen LogP contribution in [0.3, 0.4) is 0 Å². The number of rotatable bonds is 12. The molecule has 0 aliphatic carbocycles. The molecule has 31 heavy (non-hydrogen) atoms.